The monoisotopic (exact) mass is 488 g/mol. The van der Waals surface area contributed by atoms with Gasteiger partial charge in [-0.3, -0.25) is 9.52 Å². The molecule has 1 heterocycles. The van der Waals surface area contributed by atoms with E-state index in [2.05, 4.69) is 15.6 Å². The molecule has 0 spiro atoms. The number of halogens is 4. The lowest BCUT2D eigenvalue weighted by Crippen LogP contribution is -2.24. The zero-order valence-electron chi connectivity index (χ0n) is 18.1. The summed E-state index contributed by atoms with van der Waals surface area (Å²) < 4.78 is 77.5. The summed E-state index contributed by atoms with van der Waals surface area (Å²) in [5, 5.41) is 5.42. The fourth-order valence-corrected chi connectivity index (χ4v) is 3.31. The van der Waals surface area contributed by atoms with Gasteiger partial charge in [0.25, 0.3) is 0 Å². The number of carbonyl (C=O) groups is 1. The van der Waals surface area contributed by atoms with Crippen molar-refractivity contribution in [1.29, 1.82) is 0 Å². The summed E-state index contributed by atoms with van der Waals surface area (Å²) in [6.07, 6.45) is -0.584. The Morgan fingerprint density at radius 2 is 1.91 bits per heavy atom. The minimum atomic E-state index is -4.60. The van der Waals surface area contributed by atoms with Crippen molar-refractivity contribution in [2.75, 3.05) is 22.8 Å². The number of amides is 1. The van der Waals surface area contributed by atoms with E-state index >= 15 is 0 Å². The molecule has 180 valence electrons. The molecule has 33 heavy (non-hydrogen) atoms. The van der Waals surface area contributed by atoms with Crippen LogP contribution in [0.1, 0.15) is 43.1 Å². The van der Waals surface area contributed by atoms with Crippen molar-refractivity contribution in [3.8, 4) is 0 Å². The number of anilines is 2. The van der Waals surface area contributed by atoms with Crippen molar-refractivity contribution in [2.24, 2.45) is 0 Å². The zero-order valence-corrected chi connectivity index (χ0v) is 18.9. The van der Waals surface area contributed by atoms with Crippen molar-refractivity contribution < 1.29 is 30.8 Å². The zero-order chi connectivity index (χ0) is 24.8. The van der Waals surface area contributed by atoms with E-state index in [4.69, 9.17) is 0 Å². The van der Waals surface area contributed by atoms with Crippen LogP contribution in [0.25, 0.3) is 6.08 Å². The molecule has 7 nitrogen and oxygen atoms in total. The second-order valence-corrected chi connectivity index (χ2v) is 8.98. The van der Waals surface area contributed by atoms with E-state index in [1.807, 2.05) is 11.6 Å². The molecule has 1 atom stereocenters. The van der Waals surface area contributed by atoms with Crippen LogP contribution in [-0.2, 0) is 21.0 Å². The number of rotatable bonds is 9. The summed E-state index contributed by atoms with van der Waals surface area (Å²) in [7, 11) is -3.65. The van der Waals surface area contributed by atoms with Crippen molar-refractivity contribution in [3.05, 3.63) is 59.0 Å². The van der Waals surface area contributed by atoms with Gasteiger partial charge >= 0.3 is 6.18 Å². The highest BCUT2D eigenvalue weighted by Crippen LogP contribution is 2.30. The molecule has 1 amide bonds. The van der Waals surface area contributed by atoms with E-state index in [1.54, 1.807) is 6.92 Å². The Kier molecular flexibility index (Phi) is 8.42. The maximum atomic E-state index is 14.2. The molecule has 0 radical (unpaired) electrons. The van der Waals surface area contributed by atoms with Crippen LogP contribution in [0.4, 0.5) is 29.1 Å². The summed E-state index contributed by atoms with van der Waals surface area (Å²) in [6.45, 7) is 3.84. The molecule has 0 saturated carbocycles. The number of alkyl halides is 3. The number of nitrogens with zero attached hydrogens (tertiary/aromatic N) is 1. The summed E-state index contributed by atoms with van der Waals surface area (Å²) in [6, 6.07) is 5.19. The van der Waals surface area contributed by atoms with Crippen LogP contribution >= 0.6 is 0 Å². The van der Waals surface area contributed by atoms with Crippen LogP contribution in [0.3, 0.4) is 0 Å². The Hall–Kier alpha value is -3.15. The number of nitrogens with one attached hydrogen (secondary N) is 3. The van der Waals surface area contributed by atoms with Gasteiger partial charge < -0.3 is 10.6 Å². The van der Waals surface area contributed by atoms with E-state index in [0.717, 1.165) is 24.5 Å². The average Bonchev–Trinajstić information content (AvgIpc) is 2.70. The number of hydrogen-bond donors (Lipinski definition) is 3. The number of carbonyl (C=O) groups excluding carboxylic acids is 1. The first-order valence-corrected chi connectivity index (χ1v) is 11.8. The van der Waals surface area contributed by atoms with E-state index in [9.17, 15) is 30.8 Å². The third-order valence-corrected chi connectivity index (χ3v) is 4.91. The molecule has 0 fully saturated rings. The summed E-state index contributed by atoms with van der Waals surface area (Å²) >= 11 is 0. The highest BCUT2D eigenvalue weighted by molar-refractivity contribution is 7.92. The minimum Gasteiger partial charge on any atom is -0.370 e. The normalized spacial score (nSPS) is 13.1. The van der Waals surface area contributed by atoms with Crippen LogP contribution in [0.2, 0.25) is 0 Å². The third-order valence-electron chi connectivity index (χ3n) is 4.32. The van der Waals surface area contributed by atoms with Crippen LogP contribution in [0, 0.1) is 5.82 Å². The van der Waals surface area contributed by atoms with Gasteiger partial charge in [-0.25, -0.2) is 17.8 Å². The lowest BCUT2D eigenvalue weighted by atomic mass is 10.1. The Labute approximate surface area is 189 Å². The van der Waals surface area contributed by atoms with E-state index < -0.39 is 39.7 Å². The maximum absolute atomic E-state index is 14.2. The van der Waals surface area contributed by atoms with Gasteiger partial charge in [0.15, 0.2) is 0 Å². The van der Waals surface area contributed by atoms with E-state index in [-0.39, 0.29) is 11.5 Å². The van der Waals surface area contributed by atoms with Crippen LogP contribution in [-0.4, -0.2) is 32.1 Å². The number of sulfonamides is 1. The number of pyridine rings is 1. The van der Waals surface area contributed by atoms with Crippen molar-refractivity contribution >= 4 is 33.5 Å². The highest BCUT2D eigenvalue weighted by Gasteiger charge is 2.32. The largest absolute Gasteiger partial charge is 0.433 e. The molecule has 1 aromatic carbocycles. The smallest absolute Gasteiger partial charge is 0.370 e. The first-order valence-electron chi connectivity index (χ1n) is 9.88. The second kappa shape index (κ2) is 10.6. The molecule has 3 N–H and O–H groups in total. The third kappa shape index (κ3) is 8.04. The van der Waals surface area contributed by atoms with Gasteiger partial charge in [-0.15, -0.1) is 0 Å². The molecule has 0 aliphatic rings. The summed E-state index contributed by atoms with van der Waals surface area (Å²) in [4.78, 5) is 15.9. The van der Waals surface area contributed by atoms with Crippen molar-refractivity contribution in [2.45, 2.75) is 32.5 Å². The number of aromatic nitrogens is 1. The average molecular weight is 489 g/mol. The Bertz CT molecular complexity index is 1130. The SMILES string of the molecule is CCCNc1nc(C(F)(F)F)ccc1C=CC(=O)N[C@H](C)c1ccc(NS(C)(=O)=O)c(F)c1. The van der Waals surface area contributed by atoms with Gasteiger partial charge in [0.2, 0.25) is 15.9 Å². The molecule has 12 heteroatoms. The number of hydrogen-bond acceptors (Lipinski definition) is 5. The summed E-state index contributed by atoms with van der Waals surface area (Å²) in [5.41, 5.74) is -0.593. The lowest BCUT2D eigenvalue weighted by molar-refractivity contribution is -0.141. The van der Waals surface area contributed by atoms with Crippen LogP contribution in [0.5, 0.6) is 0 Å². The topological polar surface area (TPSA) is 100 Å². The first-order chi connectivity index (χ1) is 15.3. The molecule has 0 bridgehead atoms. The van der Waals surface area contributed by atoms with Gasteiger partial charge in [-0.2, -0.15) is 13.2 Å². The summed E-state index contributed by atoms with van der Waals surface area (Å²) in [5.74, 6) is -1.38. The Morgan fingerprint density at radius 1 is 1.21 bits per heavy atom. The van der Waals surface area contributed by atoms with Gasteiger partial charge in [0.1, 0.15) is 17.3 Å². The molecule has 0 aliphatic carbocycles. The van der Waals surface area contributed by atoms with Crippen molar-refractivity contribution in [1.82, 2.24) is 10.3 Å². The standard InChI is InChI=1S/C21H24F4N4O3S/c1-4-11-26-20-14(6-9-18(28-20)21(23,24)25)7-10-19(30)27-13(2)15-5-8-17(16(22)12-15)29-33(3,31)32/h5-10,12-13,29H,4,11H2,1-3H3,(H,26,28)(H,27,30)/t13-/m1/s1. The van der Waals surface area contributed by atoms with Crippen LogP contribution < -0.4 is 15.4 Å². The Morgan fingerprint density at radius 3 is 2.48 bits per heavy atom. The molecule has 2 aromatic rings. The maximum Gasteiger partial charge on any atom is 0.433 e. The molecule has 0 unspecified atom stereocenters. The molecule has 0 saturated heterocycles. The lowest BCUT2D eigenvalue weighted by Gasteiger charge is -2.15. The van der Waals surface area contributed by atoms with Gasteiger partial charge in [0, 0.05) is 18.2 Å². The van der Waals surface area contributed by atoms with Gasteiger partial charge in [-0.05, 0) is 49.2 Å². The minimum absolute atomic E-state index is 0.000176. The molecule has 2 rings (SSSR count). The highest BCUT2D eigenvalue weighted by atomic mass is 32.2. The van der Waals surface area contributed by atoms with E-state index in [0.29, 0.717) is 24.1 Å². The predicted octanol–water partition coefficient (Wildman–Crippen LogP) is 4.32. The van der Waals surface area contributed by atoms with Gasteiger partial charge in [-0.1, -0.05) is 13.0 Å². The van der Waals surface area contributed by atoms with E-state index in [1.165, 1.54) is 24.3 Å². The van der Waals surface area contributed by atoms with Crippen molar-refractivity contribution in [3.63, 3.8) is 0 Å². The Balaban J connectivity index is 2.13. The molecule has 0 aliphatic heterocycles. The van der Waals surface area contributed by atoms with Crippen LogP contribution in [0.15, 0.2) is 36.4 Å². The fourth-order valence-electron chi connectivity index (χ4n) is 2.74. The molecular weight excluding hydrogens is 464 g/mol. The first kappa shape index (κ1) is 26.1. The predicted molar refractivity (Wildman–Crippen MR) is 118 cm³/mol. The number of benzene rings is 1. The molecular formula is C21H24F4N4O3S. The van der Waals surface area contributed by atoms with Gasteiger partial charge in [0.05, 0.1) is 18.0 Å². The molecule has 1 aromatic heterocycles. The fraction of sp³-hybridized carbons (Fsp3) is 0.333. The second-order valence-electron chi connectivity index (χ2n) is 7.24. The quantitative estimate of drug-likeness (QED) is 0.361.